The lowest BCUT2D eigenvalue weighted by atomic mass is 10.1. The Hall–Kier alpha value is -1.10. The van der Waals surface area contributed by atoms with Gasteiger partial charge in [0.1, 0.15) is 0 Å². The summed E-state index contributed by atoms with van der Waals surface area (Å²) in [7, 11) is 0. The summed E-state index contributed by atoms with van der Waals surface area (Å²) in [6, 6.07) is 6.47. The lowest BCUT2D eigenvalue weighted by Crippen LogP contribution is -2.52. The monoisotopic (exact) mass is 297 g/mol. The molecule has 5 heteroatoms. The number of carbonyl (C=O) groups excluding carboxylic acids is 1. The summed E-state index contributed by atoms with van der Waals surface area (Å²) in [5, 5.41) is 6.38. The number of aryl methyl sites for hydroxylation is 2. The van der Waals surface area contributed by atoms with Crippen molar-refractivity contribution in [3.8, 4) is 0 Å². The summed E-state index contributed by atoms with van der Waals surface area (Å²) in [4.78, 5) is 14.4. The molecule has 1 fully saturated rings. The first-order valence-corrected chi connectivity index (χ1v) is 6.89. The molecule has 2 N–H and O–H groups in total. The van der Waals surface area contributed by atoms with Crippen LogP contribution in [0, 0.1) is 13.8 Å². The molecule has 1 aromatic rings. The number of amides is 1. The topological polar surface area (TPSA) is 44.4 Å². The van der Waals surface area contributed by atoms with Crippen LogP contribution in [0.4, 0.5) is 5.69 Å². The molecule has 0 saturated carbocycles. The van der Waals surface area contributed by atoms with Crippen LogP contribution >= 0.6 is 12.4 Å². The van der Waals surface area contributed by atoms with Crippen molar-refractivity contribution in [1.29, 1.82) is 0 Å². The third-order valence-electron chi connectivity index (χ3n) is 3.73. The number of para-hydroxylation sites is 1. The summed E-state index contributed by atoms with van der Waals surface area (Å²) in [5.41, 5.74) is 3.18. The molecule has 0 aliphatic carbocycles. The fourth-order valence-corrected chi connectivity index (χ4v) is 2.49. The molecule has 1 unspecified atom stereocenters. The van der Waals surface area contributed by atoms with Gasteiger partial charge in [0, 0.05) is 31.4 Å². The summed E-state index contributed by atoms with van der Waals surface area (Å²) in [5.74, 6) is 0.0751. The zero-order valence-electron chi connectivity index (χ0n) is 12.4. The van der Waals surface area contributed by atoms with Crippen molar-refractivity contribution in [2.75, 3.05) is 31.5 Å². The Morgan fingerprint density at radius 1 is 1.40 bits per heavy atom. The van der Waals surface area contributed by atoms with E-state index in [-0.39, 0.29) is 18.3 Å². The Balaban J connectivity index is 0.00000200. The highest BCUT2D eigenvalue weighted by molar-refractivity contribution is 5.93. The Kier molecular flexibility index (Phi) is 6.46. The van der Waals surface area contributed by atoms with Crippen molar-refractivity contribution in [2.24, 2.45) is 0 Å². The molecule has 2 rings (SSSR count). The molecule has 20 heavy (non-hydrogen) atoms. The molecule has 1 heterocycles. The number of nitrogens with one attached hydrogen (secondary N) is 2. The number of nitrogens with zero attached hydrogens (tertiary/aromatic N) is 1. The highest BCUT2D eigenvalue weighted by atomic mass is 35.5. The van der Waals surface area contributed by atoms with Gasteiger partial charge in [-0.15, -0.1) is 12.4 Å². The third-order valence-corrected chi connectivity index (χ3v) is 3.73. The Labute approximate surface area is 127 Å². The van der Waals surface area contributed by atoms with Gasteiger partial charge < -0.3 is 10.6 Å². The van der Waals surface area contributed by atoms with Crippen molar-refractivity contribution in [1.82, 2.24) is 10.2 Å². The number of hydrogen-bond donors (Lipinski definition) is 2. The van der Waals surface area contributed by atoms with Gasteiger partial charge in [0.2, 0.25) is 5.91 Å². The predicted molar refractivity (Wildman–Crippen MR) is 85.7 cm³/mol. The molecule has 1 aliphatic rings. The molecule has 1 aliphatic heterocycles. The van der Waals surface area contributed by atoms with E-state index in [0.29, 0.717) is 12.6 Å². The van der Waals surface area contributed by atoms with Crippen LogP contribution in [0.1, 0.15) is 18.1 Å². The van der Waals surface area contributed by atoms with Crippen LogP contribution in [0.5, 0.6) is 0 Å². The van der Waals surface area contributed by atoms with Gasteiger partial charge in [-0.1, -0.05) is 18.2 Å². The van der Waals surface area contributed by atoms with E-state index in [9.17, 15) is 4.79 Å². The quantitative estimate of drug-likeness (QED) is 0.896. The number of carbonyl (C=O) groups is 1. The standard InChI is InChI=1S/C15H23N3O.ClH/c1-11-5-4-6-12(2)15(11)17-14(19)10-18-8-7-16-9-13(18)3;/h4-6,13,16H,7-10H2,1-3H3,(H,17,19);1H. The predicted octanol–water partition coefficient (Wildman–Crippen LogP) is 1.96. The van der Waals surface area contributed by atoms with E-state index < -0.39 is 0 Å². The van der Waals surface area contributed by atoms with E-state index in [1.54, 1.807) is 0 Å². The minimum absolute atomic E-state index is 0. The lowest BCUT2D eigenvalue weighted by Gasteiger charge is -2.33. The smallest absolute Gasteiger partial charge is 0.238 e. The molecule has 0 aromatic heterocycles. The van der Waals surface area contributed by atoms with E-state index in [4.69, 9.17) is 0 Å². The first kappa shape index (κ1) is 17.0. The molecule has 0 radical (unpaired) electrons. The zero-order chi connectivity index (χ0) is 13.8. The molecule has 0 bridgehead atoms. The number of benzene rings is 1. The van der Waals surface area contributed by atoms with Gasteiger partial charge in [0.25, 0.3) is 0 Å². The average Bonchev–Trinajstić information content (AvgIpc) is 2.37. The normalized spacial score (nSPS) is 19.2. The third kappa shape index (κ3) is 4.20. The lowest BCUT2D eigenvalue weighted by molar-refractivity contribution is -0.118. The van der Waals surface area contributed by atoms with E-state index in [2.05, 4.69) is 22.5 Å². The molecule has 1 amide bonds. The first-order chi connectivity index (χ1) is 9.08. The van der Waals surface area contributed by atoms with Crippen LogP contribution in [0.15, 0.2) is 18.2 Å². The maximum Gasteiger partial charge on any atom is 0.238 e. The van der Waals surface area contributed by atoms with Gasteiger partial charge >= 0.3 is 0 Å². The summed E-state index contributed by atoms with van der Waals surface area (Å²) < 4.78 is 0. The average molecular weight is 298 g/mol. The summed E-state index contributed by atoms with van der Waals surface area (Å²) in [6.45, 7) is 9.51. The van der Waals surface area contributed by atoms with Crippen molar-refractivity contribution < 1.29 is 4.79 Å². The van der Waals surface area contributed by atoms with Crippen LogP contribution in [0.3, 0.4) is 0 Å². The van der Waals surface area contributed by atoms with Gasteiger partial charge in [-0.05, 0) is 31.9 Å². The minimum Gasteiger partial charge on any atom is -0.324 e. The second kappa shape index (κ2) is 7.62. The highest BCUT2D eigenvalue weighted by Crippen LogP contribution is 2.19. The number of hydrogen-bond acceptors (Lipinski definition) is 3. The van der Waals surface area contributed by atoms with Crippen LogP contribution in [0.2, 0.25) is 0 Å². The molecule has 1 saturated heterocycles. The number of halogens is 1. The summed E-state index contributed by atoms with van der Waals surface area (Å²) >= 11 is 0. The molecule has 0 spiro atoms. The Morgan fingerprint density at radius 3 is 2.65 bits per heavy atom. The van der Waals surface area contributed by atoms with Crippen molar-refractivity contribution in [2.45, 2.75) is 26.8 Å². The second-order valence-corrected chi connectivity index (χ2v) is 5.34. The van der Waals surface area contributed by atoms with E-state index in [1.165, 1.54) is 0 Å². The maximum absolute atomic E-state index is 12.2. The zero-order valence-corrected chi connectivity index (χ0v) is 13.2. The minimum atomic E-state index is 0. The molecule has 4 nitrogen and oxygen atoms in total. The van der Waals surface area contributed by atoms with E-state index in [1.807, 2.05) is 32.0 Å². The van der Waals surface area contributed by atoms with Gasteiger partial charge in [-0.2, -0.15) is 0 Å². The van der Waals surface area contributed by atoms with Gasteiger partial charge in [-0.3, -0.25) is 9.69 Å². The maximum atomic E-state index is 12.2. The van der Waals surface area contributed by atoms with E-state index in [0.717, 1.165) is 36.4 Å². The molecular formula is C15H24ClN3O. The largest absolute Gasteiger partial charge is 0.324 e. The molecular weight excluding hydrogens is 274 g/mol. The van der Waals surface area contributed by atoms with Gasteiger partial charge in [0.15, 0.2) is 0 Å². The molecule has 1 atom stereocenters. The Morgan fingerprint density at radius 2 is 2.05 bits per heavy atom. The van der Waals surface area contributed by atoms with Crippen molar-refractivity contribution in [3.05, 3.63) is 29.3 Å². The van der Waals surface area contributed by atoms with Crippen molar-refractivity contribution >= 4 is 24.0 Å². The van der Waals surface area contributed by atoms with Crippen LogP contribution in [-0.2, 0) is 4.79 Å². The SMILES string of the molecule is Cc1cccc(C)c1NC(=O)CN1CCNCC1C.Cl. The van der Waals surface area contributed by atoms with Crippen LogP contribution in [0.25, 0.3) is 0 Å². The summed E-state index contributed by atoms with van der Waals surface area (Å²) in [6.07, 6.45) is 0. The Bertz CT molecular complexity index is 444. The fraction of sp³-hybridized carbons (Fsp3) is 0.533. The van der Waals surface area contributed by atoms with E-state index >= 15 is 0 Å². The van der Waals surface area contributed by atoms with Gasteiger partial charge in [-0.25, -0.2) is 0 Å². The second-order valence-electron chi connectivity index (χ2n) is 5.34. The van der Waals surface area contributed by atoms with Crippen molar-refractivity contribution in [3.63, 3.8) is 0 Å². The first-order valence-electron chi connectivity index (χ1n) is 6.89. The number of rotatable bonds is 3. The highest BCUT2D eigenvalue weighted by Gasteiger charge is 2.20. The van der Waals surface area contributed by atoms with Crippen LogP contribution < -0.4 is 10.6 Å². The molecule has 112 valence electrons. The molecule has 1 aromatic carbocycles. The van der Waals surface area contributed by atoms with Gasteiger partial charge in [0.05, 0.1) is 6.54 Å². The number of anilines is 1. The van der Waals surface area contributed by atoms with Crippen LogP contribution in [-0.4, -0.2) is 43.0 Å². The fourth-order valence-electron chi connectivity index (χ4n) is 2.49. The number of piperazine rings is 1.